The molecule has 2 nitrogen and oxygen atoms in total. The molecule has 0 heterocycles. The minimum atomic E-state index is -0.171. The van der Waals surface area contributed by atoms with Crippen LogP contribution in [0.15, 0.2) is 48.5 Å². The van der Waals surface area contributed by atoms with Crippen molar-refractivity contribution in [2.75, 3.05) is 19.3 Å². The zero-order valence-corrected chi connectivity index (χ0v) is 11.8. The van der Waals surface area contributed by atoms with Gasteiger partial charge in [0.2, 0.25) is 0 Å². The van der Waals surface area contributed by atoms with E-state index in [0.29, 0.717) is 0 Å². The van der Waals surface area contributed by atoms with Crippen molar-refractivity contribution in [3.63, 3.8) is 0 Å². The van der Waals surface area contributed by atoms with E-state index in [2.05, 4.69) is 18.0 Å². The number of hydrogen-bond acceptors (Lipinski definition) is 2. The van der Waals surface area contributed by atoms with Crippen molar-refractivity contribution in [1.82, 2.24) is 4.90 Å². The highest BCUT2D eigenvalue weighted by Crippen LogP contribution is 2.10. The zero-order valence-electron chi connectivity index (χ0n) is 11.8. The molecule has 0 atom stereocenters. The first kappa shape index (κ1) is 14.5. The third-order valence-electron chi connectivity index (χ3n) is 3.30. The SMILES string of the molecule is CN(CCCc1cccc(N)c1)Cc1cccc(F)c1. The quantitative estimate of drug-likeness (QED) is 0.816. The lowest BCUT2D eigenvalue weighted by molar-refractivity contribution is 0.322. The molecule has 0 saturated carbocycles. The van der Waals surface area contributed by atoms with Crippen LogP contribution in [-0.4, -0.2) is 18.5 Å². The number of benzene rings is 2. The molecule has 2 aromatic carbocycles. The van der Waals surface area contributed by atoms with Crippen LogP contribution in [0.3, 0.4) is 0 Å². The van der Waals surface area contributed by atoms with Crippen LogP contribution < -0.4 is 5.73 Å². The average Bonchev–Trinajstić information content (AvgIpc) is 2.38. The number of nitrogen functional groups attached to an aromatic ring is 1. The fraction of sp³-hybridized carbons (Fsp3) is 0.294. The van der Waals surface area contributed by atoms with E-state index in [1.54, 1.807) is 12.1 Å². The normalized spacial score (nSPS) is 10.9. The fourth-order valence-electron chi connectivity index (χ4n) is 2.33. The molecular formula is C17H21FN2. The number of rotatable bonds is 6. The lowest BCUT2D eigenvalue weighted by Gasteiger charge is -2.16. The topological polar surface area (TPSA) is 29.3 Å². The molecule has 2 rings (SSSR count). The van der Waals surface area contributed by atoms with Crippen molar-refractivity contribution in [3.8, 4) is 0 Å². The second-order valence-corrected chi connectivity index (χ2v) is 5.22. The summed E-state index contributed by atoms with van der Waals surface area (Å²) in [4.78, 5) is 2.21. The number of aryl methyl sites for hydroxylation is 1. The Bertz CT molecular complexity index is 554. The third kappa shape index (κ3) is 4.67. The highest BCUT2D eigenvalue weighted by Gasteiger charge is 2.02. The first-order valence-corrected chi connectivity index (χ1v) is 6.91. The van der Waals surface area contributed by atoms with E-state index in [4.69, 9.17) is 5.73 Å². The standard InChI is InChI=1S/C17H21FN2/c1-20(13-15-6-2-8-16(18)11-15)10-4-7-14-5-3-9-17(19)12-14/h2-3,5-6,8-9,11-12H,4,7,10,13,19H2,1H3. The van der Waals surface area contributed by atoms with E-state index < -0.39 is 0 Å². The lowest BCUT2D eigenvalue weighted by Crippen LogP contribution is -2.19. The van der Waals surface area contributed by atoms with Crippen LogP contribution in [0.5, 0.6) is 0 Å². The van der Waals surface area contributed by atoms with Crippen LogP contribution in [0.25, 0.3) is 0 Å². The van der Waals surface area contributed by atoms with Gasteiger partial charge in [0.25, 0.3) is 0 Å². The van der Waals surface area contributed by atoms with Crippen molar-refractivity contribution in [2.24, 2.45) is 0 Å². The zero-order chi connectivity index (χ0) is 14.4. The van der Waals surface area contributed by atoms with Crippen LogP contribution in [0.2, 0.25) is 0 Å². The Hall–Kier alpha value is -1.87. The maximum absolute atomic E-state index is 13.1. The van der Waals surface area contributed by atoms with Crippen LogP contribution in [0.4, 0.5) is 10.1 Å². The summed E-state index contributed by atoms with van der Waals surface area (Å²) in [6.07, 6.45) is 2.08. The predicted molar refractivity (Wildman–Crippen MR) is 81.9 cm³/mol. The molecule has 20 heavy (non-hydrogen) atoms. The van der Waals surface area contributed by atoms with Gasteiger partial charge in [0.15, 0.2) is 0 Å². The first-order valence-electron chi connectivity index (χ1n) is 6.91. The molecule has 0 spiro atoms. The number of nitrogens with two attached hydrogens (primary N) is 1. The smallest absolute Gasteiger partial charge is 0.123 e. The van der Waals surface area contributed by atoms with Crippen molar-refractivity contribution >= 4 is 5.69 Å². The highest BCUT2D eigenvalue weighted by atomic mass is 19.1. The predicted octanol–water partition coefficient (Wildman–Crippen LogP) is 3.47. The van der Waals surface area contributed by atoms with Gasteiger partial charge < -0.3 is 10.6 Å². The Balaban J connectivity index is 1.76. The first-order chi connectivity index (χ1) is 9.63. The van der Waals surface area contributed by atoms with Crippen LogP contribution in [0, 0.1) is 5.82 Å². The molecule has 0 bridgehead atoms. The van der Waals surface area contributed by atoms with Crippen molar-refractivity contribution in [3.05, 3.63) is 65.5 Å². The minimum Gasteiger partial charge on any atom is -0.399 e. The maximum atomic E-state index is 13.1. The van der Waals surface area contributed by atoms with Gasteiger partial charge in [0.05, 0.1) is 0 Å². The second kappa shape index (κ2) is 7.06. The van der Waals surface area contributed by atoms with Gasteiger partial charge in [0.1, 0.15) is 5.82 Å². The van der Waals surface area contributed by atoms with Gasteiger partial charge in [-0.3, -0.25) is 0 Å². The molecule has 3 heteroatoms. The fourth-order valence-corrected chi connectivity index (χ4v) is 2.33. The summed E-state index contributed by atoms with van der Waals surface area (Å²) >= 11 is 0. The Kier molecular flexibility index (Phi) is 5.13. The van der Waals surface area contributed by atoms with Gasteiger partial charge in [-0.05, 0) is 61.8 Å². The van der Waals surface area contributed by atoms with E-state index in [9.17, 15) is 4.39 Å². The molecular weight excluding hydrogens is 251 g/mol. The monoisotopic (exact) mass is 272 g/mol. The van der Waals surface area contributed by atoms with Crippen molar-refractivity contribution < 1.29 is 4.39 Å². The Morgan fingerprint density at radius 3 is 2.55 bits per heavy atom. The van der Waals surface area contributed by atoms with Gasteiger partial charge in [-0.15, -0.1) is 0 Å². The summed E-state index contributed by atoms with van der Waals surface area (Å²) in [5, 5.41) is 0. The number of hydrogen-bond donors (Lipinski definition) is 1. The van der Waals surface area contributed by atoms with Gasteiger partial charge >= 0.3 is 0 Å². The molecule has 0 fully saturated rings. The van der Waals surface area contributed by atoms with Gasteiger partial charge in [0, 0.05) is 12.2 Å². The van der Waals surface area contributed by atoms with E-state index in [0.717, 1.165) is 37.2 Å². The molecule has 0 amide bonds. The summed E-state index contributed by atoms with van der Waals surface area (Å²) < 4.78 is 13.1. The number of halogens is 1. The maximum Gasteiger partial charge on any atom is 0.123 e. The number of anilines is 1. The Morgan fingerprint density at radius 2 is 1.80 bits per heavy atom. The summed E-state index contributed by atoms with van der Waals surface area (Å²) in [5.74, 6) is -0.171. The molecule has 0 aliphatic heterocycles. The summed E-state index contributed by atoms with van der Waals surface area (Å²) in [5.41, 5.74) is 8.85. The second-order valence-electron chi connectivity index (χ2n) is 5.22. The minimum absolute atomic E-state index is 0.171. The van der Waals surface area contributed by atoms with Crippen LogP contribution in [-0.2, 0) is 13.0 Å². The molecule has 0 saturated heterocycles. The molecule has 106 valence electrons. The van der Waals surface area contributed by atoms with Gasteiger partial charge in [-0.2, -0.15) is 0 Å². The van der Waals surface area contributed by atoms with E-state index in [-0.39, 0.29) is 5.82 Å². The molecule has 0 aliphatic carbocycles. The molecule has 2 N–H and O–H groups in total. The van der Waals surface area contributed by atoms with Crippen molar-refractivity contribution in [2.45, 2.75) is 19.4 Å². The Morgan fingerprint density at radius 1 is 1.05 bits per heavy atom. The molecule has 0 radical (unpaired) electrons. The average molecular weight is 272 g/mol. The molecule has 0 unspecified atom stereocenters. The van der Waals surface area contributed by atoms with Crippen LogP contribution >= 0.6 is 0 Å². The molecule has 2 aromatic rings. The summed E-state index contributed by atoms with van der Waals surface area (Å²) in [7, 11) is 2.06. The van der Waals surface area contributed by atoms with E-state index in [1.807, 2.05) is 24.3 Å². The van der Waals surface area contributed by atoms with E-state index >= 15 is 0 Å². The molecule has 0 aliphatic rings. The van der Waals surface area contributed by atoms with E-state index in [1.165, 1.54) is 11.6 Å². The number of nitrogens with zero attached hydrogens (tertiary/aromatic N) is 1. The highest BCUT2D eigenvalue weighted by molar-refractivity contribution is 5.40. The lowest BCUT2D eigenvalue weighted by atomic mass is 10.1. The van der Waals surface area contributed by atoms with Crippen LogP contribution in [0.1, 0.15) is 17.5 Å². The third-order valence-corrected chi connectivity index (χ3v) is 3.30. The largest absolute Gasteiger partial charge is 0.399 e. The van der Waals surface area contributed by atoms with Gasteiger partial charge in [-0.1, -0.05) is 24.3 Å². The summed E-state index contributed by atoms with van der Waals surface area (Å²) in [6, 6.07) is 14.8. The van der Waals surface area contributed by atoms with Crippen molar-refractivity contribution in [1.29, 1.82) is 0 Å². The van der Waals surface area contributed by atoms with Gasteiger partial charge in [-0.25, -0.2) is 4.39 Å². The Labute approximate surface area is 120 Å². The molecule has 0 aromatic heterocycles. The summed E-state index contributed by atoms with van der Waals surface area (Å²) in [6.45, 7) is 1.75.